The van der Waals surface area contributed by atoms with Gasteiger partial charge in [-0.15, -0.1) is 0 Å². The van der Waals surface area contributed by atoms with Crippen LogP contribution in [-0.2, 0) is 0 Å². The highest BCUT2D eigenvalue weighted by atomic mass is 15.2. The van der Waals surface area contributed by atoms with Crippen molar-refractivity contribution in [1.82, 2.24) is 10.2 Å². The second kappa shape index (κ2) is 12.0. The van der Waals surface area contributed by atoms with Crippen molar-refractivity contribution in [2.45, 2.75) is 85.2 Å². The molecule has 1 N–H and O–H groups in total. The Morgan fingerprint density at radius 2 is 1.67 bits per heavy atom. The first-order valence-corrected chi connectivity index (χ1v) is 8.13. The lowest BCUT2D eigenvalue weighted by Crippen LogP contribution is -2.46. The number of hydrogen-bond donors (Lipinski definition) is 1. The summed E-state index contributed by atoms with van der Waals surface area (Å²) in [6, 6.07) is 1.39. The van der Waals surface area contributed by atoms with Crippen molar-refractivity contribution < 1.29 is 0 Å². The highest BCUT2D eigenvalue weighted by Gasteiger charge is 2.19. The minimum Gasteiger partial charge on any atom is -0.315 e. The molecular formula is C16H36N2. The van der Waals surface area contributed by atoms with E-state index < -0.39 is 0 Å². The van der Waals surface area contributed by atoms with Crippen molar-refractivity contribution in [3.63, 3.8) is 0 Å². The van der Waals surface area contributed by atoms with Crippen molar-refractivity contribution in [1.29, 1.82) is 0 Å². The van der Waals surface area contributed by atoms with Crippen LogP contribution >= 0.6 is 0 Å². The highest BCUT2D eigenvalue weighted by molar-refractivity contribution is 4.76. The summed E-state index contributed by atoms with van der Waals surface area (Å²) in [6.07, 6.45) is 7.87. The van der Waals surface area contributed by atoms with Gasteiger partial charge in [0.1, 0.15) is 0 Å². The third kappa shape index (κ3) is 8.10. The summed E-state index contributed by atoms with van der Waals surface area (Å²) in [4.78, 5) is 2.71. The molecule has 2 nitrogen and oxygen atoms in total. The maximum atomic E-state index is 3.60. The van der Waals surface area contributed by atoms with E-state index in [1.54, 1.807) is 0 Å². The van der Waals surface area contributed by atoms with Crippen LogP contribution in [0.15, 0.2) is 0 Å². The maximum absolute atomic E-state index is 3.60. The average Bonchev–Trinajstić information content (AvgIpc) is 2.34. The Labute approximate surface area is 116 Å². The van der Waals surface area contributed by atoms with E-state index in [2.05, 4.69) is 44.8 Å². The topological polar surface area (TPSA) is 15.3 Å². The molecule has 0 saturated carbocycles. The minimum absolute atomic E-state index is 0.668. The Morgan fingerprint density at radius 1 is 0.944 bits per heavy atom. The fourth-order valence-corrected chi connectivity index (χ4v) is 2.57. The van der Waals surface area contributed by atoms with Gasteiger partial charge in [-0.2, -0.15) is 0 Å². The molecule has 0 bridgehead atoms. The number of nitrogens with one attached hydrogen (secondary N) is 1. The van der Waals surface area contributed by atoms with Crippen molar-refractivity contribution >= 4 is 0 Å². The van der Waals surface area contributed by atoms with Crippen molar-refractivity contribution in [2.75, 3.05) is 19.6 Å². The van der Waals surface area contributed by atoms with Crippen molar-refractivity contribution in [3.8, 4) is 0 Å². The summed E-state index contributed by atoms with van der Waals surface area (Å²) in [7, 11) is 0. The third-order valence-corrected chi connectivity index (χ3v) is 3.58. The van der Waals surface area contributed by atoms with Crippen LogP contribution in [0, 0.1) is 0 Å². The largest absolute Gasteiger partial charge is 0.315 e. The van der Waals surface area contributed by atoms with Gasteiger partial charge in [0.05, 0.1) is 0 Å². The van der Waals surface area contributed by atoms with Gasteiger partial charge in [0.15, 0.2) is 0 Å². The molecule has 0 aromatic heterocycles. The first kappa shape index (κ1) is 17.9. The highest BCUT2D eigenvalue weighted by Crippen LogP contribution is 2.12. The molecule has 110 valence electrons. The normalized spacial score (nSPS) is 13.5. The molecule has 0 rings (SSSR count). The molecule has 1 atom stereocenters. The third-order valence-electron chi connectivity index (χ3n) is 3.58. The van der Waals surface area contributed by atoms with Gasteiger partial charge in [-0.3, -0.25) is 4.90 Å². The van der Waals surface area contributed by atoms with Gasteiger partial charge in [0.2, 0.25) is 0 Å². The van der Waals surface area contributed by atoms with Crippen LogP contribution in [0.4, 0.5) is 0 Å². The molecule has 0 fully saturated rings. The van der Waals surface area contributed by atoms with Crippen LogP contribution in [0.1, 0.15) is 73.1 Å². The Kier molecular flexibility index (Phi) is 11.9. The van der Waals surface area contributed by atoms with Gasteiger partial charge in [-0.25, -0.2) is 0 Å². The van der Waals surface area contributed by atoms with E-state index in [-0.39, 0.29) is 0 Å². The Hall–Kier alpha value is -0.0800. The van der Waals surface area contributed by atoms with Crippen LogP contribution in [0.25, 0.3) is 0 Å². The zero-order chi connectivity index (χ0) is 13.8. The van der Waals surface area contributed by atoms with E-state index in [0.717, 1.165) is 19.1 Å². The molecule has 0 aliphatic heterocycles. The number of nitrogens with zero attached hydrogens (tertiary/aromatic N) is 1. The first-order valence-electron chi connectivity index (χ1n) is 8.13. The molecule has 1 unspecified atom stereocenters. The van der Waals surface area contributed by atoms with Gasteiger partial charge < -0.3 is 5.32 Å². The molecule has 0 aromatic carbocycles. The summed E-state index contributed by atoms with van der Waals surface area (Å²) in [5.41, 5.74) is 0. The fourth-order valence-electron chi connectivity index (χ4n) is 2.57. The molecular weight excluding hydrogens is 220 g/mol. The second-order valence-corrected chi connectivity index (χ2v) is 5.69. The van der Waals surface area contributed by atoms with Crippen LogP contribution in [0.3, 0.4) is 0 Å². The minimum atomic E-state index is 0.668. The molecule has 0 heterocycles. The van der Waals surface area contributed by atoms with Crippen LogP contribution < -0.4 is 5.32 Å². The predicted molar refractivity (Wildman–Crippen MR) is 83.2 cm³/mol. The average molecular weight is 256 g/mol. The van der Waals surface area contributed by atoms with E-state index in [9.17, 15) is 0 Å². The Balaban J connectivity index is 4.25. The summed E-state index contributed by atoms with van der Waals surface area (Å²) in [5.74, 6) is 0. The molecule has 18 heavy (non-hydrogen) atoms. The van der Waals surface area contributed by atoms with E-state index in [4.69, 9.17) is 0 Å². The molecule has 0 spiro atoms. The van der Waals surface area contributed by atoms with E-state index in [1.807, 2.05) is 0 Å². The SMILES string of the molecule is CCCCCN(C(C)C)C(CCC)CNCCC. The smallest absolute Gasteiger partial charge is 0.0223 e. The lowest BCUT2D eigenvalue weighted by Gasteiger charge is -2.35. The van der Waals surface area contributed by atoms with Gasteiger partial charge >= 0.3 is 0 Å². The summed E-state index contributed by atoms with van der Waals surface area (Å²) in [5, 5.41) is 3.60. The standard InChI is InChI=1S/C16H36N2/c1-6-9-10-13-18(15(4)5)16(11-7-2)14-17-12-8-3/h15-17H,6-14H2,1-5H3. The zero-order valence-corrected chi connectivity index (χ0v) is 13.5. The summed E-state index contributed by atoms with van der Waals surface area (Å²) < 4.78 is 0. The maximum Gasteiger partial charge on any atom is 0.0223 e. The van der Waals surface area contributed by atoms with Crippen molar-refractivity contribution in [3.05, 3.63) is 0 Å². The summed E-state index contributed by atoms with van der Waals surface area (Å²) in [6.45, 7) is 15.1. The van der Waals surface area contributed by atoms with Crippen LogP contribution in [0.2, 0.25) is 0 Å². The van der Waals surface area contributed by atoms with Gasteiger partial charge in [0.25, 0.3) is 0 Å². The van der Waals surface area contributed by atoms with Crippen LogP contribution in [-0.4, -0.2) is 36.6 Å². The zero-order valence-electron chi connectivity index (χ0n) is 13.5. The molecule has 0 aliphatic carbocycles. The quantitative estimate of drug-likeness (QED) is 0.530. The molecule has 0 amide bonds. The Morgan fingerprint density at radius 3 is 2.17 bits per heavy atom. The van der Waals surface area contributed by atoms with E-state index in [1.165, 1.54) is 45.1 Å². The lowest BCUT2D eigenvalue weighted by atomic mass is 10.1. The van der Waals surface area contributed by atoms with Gasteiger partial charge in [-0.1, -0.05) is 40.0 Å². The summed E-state index contributed by atoms with van der Waals surface area (Å²) >= 11 is 0. The molecule has 0 aromatic rings. The monoisotopic (exact) mass is 256 g/mol. The number of hydrogen-bond acceptors (Lipinski definition) is 2. The predicted octanol–water partition coefficient (Wildman–Crippen LogP) is 4.06. The Bertz CT molecular complexity index is 168. The molecule has 0 aliphatic rings. The number of rotatable bonds is 12. The number of unbranched alkanes of at least 4 members (excludes halogenated alkanes) is 2. The van der Waals surface area contributed by atoms with Crippen LogP contribution in [0.5, 0.6) is 0 Å². The second-order valence-electron chi connectivity index (χ2n) is 5.69. The first-order chi connectivity index (χ1) is 8.67. The molecule has 0 saturated heterocycles. The van der Waals surface area contributed by atoms with Gasteiger partial charge in [-0.05, 0) is 46.2 Å². The lowest BCUT2D eigenvalue weighted by molar-refractivity contribution is 0.138. The van der Waals surface area contributed by atoms with Gasteiger partial charge in [0, 0.05) is 18.6 Å². The molecule has 2 heteroatoms. The van der Waals surface area contributed by atoms with Crippen molar-refractivity contribution in [2.24, 2.45) is 0 Å². The fraction of sp³-hybridized carbons (Fsp3) is 1.00. The molecule has 0 radical (unpaired) electrons. The van der Waals surface area contributed by atoms with E-state index >= 15 is 0 Å². The van der Waals surface area contributed by atoms with E-state index in [0.29, 0.717) is 6.04 Å².